The molecule has 1 aromatic rings. The van der Waals surface area contributed by atoms with Gasteiger partial charge in [-0.1, -0.05) is 17.5 Å². The molecule has 0 fully saturated rings. The van der Waals surface area contributed by atoms with Gasteiger partial charge in [-0.2, -0.15) is 0 Å². The van der Waals surface area contributed by atoms with Crippen LogP contribution in [0.25, 0.3) is 0 Å². The minimum Gasteiger partial charge on any atom is -0.302 e. The molecule has 2 nitrogen and oxygen atoms in total. The van der Waals surface area contributed by atoms with Crippen molar-refractivity contribution in [1.82, 2.24) is 10.3 Å². The molecule has 68 valence electrons. The van der Waals surface area contributed by atoms with Gasteiger partial charge in [0.1, 0.15) is 5.15 Å². The van der Waals surface area contributed by atoms with E-state index in [0.717, 1.165) is 17.8 Å². The van der Waals surface area contributed by atoms with Gasteiger partial charge in [-0.25, -0.2) is 4.98 Å². The van der Waals surface area contributed by atoms with E-state index >= 15 is 0 Å². The summed E-state index contributed by atoms with van der Waals surface area (Å²) in [4.78, 5) is 4.06. The zero-order valence-electron chi connectivity index (χ0n) is 7.47. The van der Waals surface area contributed by atoms with Crippen molar-refractivity contribution in [3.05, 3.63) is 28.5 Å². The van der Waals surface area contributed by atoms with Gasteiger partial charge in [0.25, 0.3) is 0 Å². The minimum atomic E-state index is 0.525. The van der Waals surface area contributed by atoms with Gasteiger partial charge in [-0.05, 0) is 24.6 Å². The molecule has 0 atom stereocenters. The number of rotatable bonds is 3. The second-order valence-corrected chi connectivity index (χ2v) is 3.13. The maximum absolute atomic E-state index is 5.78. The molecule has 0 radical (unpaired) electrons. The summed E-state index contributed by atoms with van der Waals surface area (Å²) in [5.41, 5.74) is 2.03. The Labute approximate surface area is 83.3 Å². The summed E-state index contributed by atoms with van der Waals surface area (Å²) < 4.78 is 0. The summed E-state index contributed by atoms with van der Waals surface area (Å²) in [7, 11) is 0. The molecule has 0 amide bonds. The fraction of sp³-hybridized carbons (Fsp3) is 0.300. The maximum Gasteiger partial charge on any atom is 0.129 e. The van der Waals surface area contributed by atoms with Crippen molar-refractivity contribution in [3.63, 3.8) is 0 Å². The molecular formula is C10H11ClN2. The van der Waals surface area contributed by atoms with Gasteiger partial charge in [-0.3, -0.25) is 0 Å². The molecule has 0 spiro atoms. The molecule has 0 unspecified atom stereocenters. The second-order valence-electron chi connectivity index (χ2n) is 2.75. The van der Waals surface area contributed by atoms with E-state index in [4.69, 9.17) is 18.0 Å². The van der Waals surface area contributed by atoms with E-state index in [1.54, 1.807) is 0 Å². The third-order valence-electron chi connectivity index (χ3n) is 1.54. The molecule has 0 saturated carbocycles. The molecule has 1 N–H and O–H groups in total. The van der Waals surface area contributed by atoms with Gasteiger partial charge in [0.15, 0.2) is 0 Å². The molecule has 1 rings (SSSR count). The normalized spacial score (nSPS) is 9.62. The van der Waals surface area contributed by atoms with E-state index in [1.165, 1.54) is 0 Å². The van der Waals surface area contributed by atoms with Gasteiger partial charge in [0, 0.05) is 12.2 Å². The van der Waals surface area contributed by atoms with Crippen LogP contribution in [0.2, 0.25) is 5.15 Å². The highest BCUT2D eigenvalue weighted by atomic mass is 35.5. The number of nitrogens with zero attached hydrogens (tertiary/aromatic N) is 1. The molecule has 1 heterocycles. The van der Waals surface area contributed by atoms with Gasteiger partial charge in [0.2, 0.25) is 0 Å². The van der Waals surface area contributed by atoms with Crippen LogP contribution in [-0.4, -0.2) is 11.5 Å². The molecule has 0 bridgehead atoms. The van der Waals surface area contributed by atoms with Crippen LogP contribution in [0.15, 0.2) is 12.1 Å². The Morgan fingerprint density at radius 3 is 3.00 bits per heavy atom. The molecule has 3 heteroatoms. The first-order chi connectivity index (χ1) is 6.22. The molecule has 0 aromatic carbocycles. The maximum atomic E-state index is 5.78. The van der Waals surface area contributed by atoms with Crippen LogP contribution in [0.1, 0.15) is 11.3 Å². The molecule has 0 saturated heterocycles. The molecular weight excluding hydrogens is 184 g/mol. The van der Waals surface area contributed by atoms with Gasteiger partial charge in [-0.15, -0.1) is 6.42 Å². The van der Waals surface area contributed by atoms with Crippen molar-refractivity contribution in [2.75, 3.05) is 6.54 Å². The van der Waals surface area contributed by atoms with Crippen LogP contribution in [0.4, 0.5) is 0 Å². The van der Waals surface area contributed by atoms with Crippen molar-refractivity contribution in [2.24, 2.45) is 0 Å². The average Bonchev–Trinajstić information content (AvgIpc) is 2.03. The lowest BCUT2D eigenvalue weighted by atomic mass is 10.2. The highest BCUT2D eigenvalue weighted by Gasteiger charge is 1.96. The predicted molar refractivity (Wildman–Crippen MR) is 54.5 cm³/mol. The smallest absolute Gasteiger partial charge is 0.129 e. The minimum absolute atomic E-state index is 0.525. The summed E-state index contributed by atoms with van der Waals surface area (Å²) >= 11 is 5.78. The Morgan fingerprint density at radius 1 is 1.62 bits per heavy atom. The zero-order chi connectivity index (χ0) is 9.68. The van der Waals surface area contributed by atoms with Crippen LogP contribution in [0, 0.1) is 19.3 Å². The SMILES string of the molecule is C#CCNCc1cc(C)nc(Cl)c1. The number of nitrogens with one attached hydrogen (secondary N) is 1. The Morgan fingerprint density at radius 2 is 2.38 bits per heavy atom. The Kier molecular flexibility index (Phi) is 3.75. The molecule has 1 aromatic heterocycles. The lowest BCUT2D eigenvalue weighted by Gasteiger charge is -2.02. The summed E-state index contributed by atoms with van der Waals surface area (Å²) in [6.45, 7) is 3.21. The van der Waals surface area contributed by atoms with Crippen molar-refractivity contribution in [2.45, 2.75) is 13.5 Å². The van der Waals surface area contributed by atoms with E-state index in [-0.39, 0.29) is 0 Å². The van der Waals surface area contributed by atoms with Crippen LogP contribution >= 0.6 is 11.6 Å². The summed E-state index contributed by atoms with van der Waals surface area (Å²) in [5.74, 6) is 2.51. The second kappa shape index (κ2) is 4.86. The van der Waals surface area contributed by atoms with Crippen molar-refractivity contribution >= 4 is 11.6 Å². The predicted octanol–water partition coefficient (Wildman–Crippen LogP) is 1.77. The van der Waals surface area contributed by atoms with Crippen LogP contribution in [-0.2, 0) is 6.54 Å². The summed E-state index contributed by atoms with van der Waals surface area (Å²) in [5, 5.41) is 3.61. The van der Waals surface area contributed by atoms with Gasteiger partial charge in [0.05, 0.1) is 6.54 Å². The topological polar surface area (TPSA) is 24.9 Å². The van der Waals surface area contributed by atoms with E-state index in [1.807, 2.05) is 19.1 Å². The number of hydrogen-bond acceptors (Lipinski definition) is 2. The lowest BCUT2D eigenvalue weighted by molar-refractivity contribution is 0.768. The Hall–Kier alpha value is -1.04. The molecule has 0 aliphatic rings. The first-order valence-corrected chi connectivity index (χ1v) is 4.37. The number of halogens is 1. The number of terminal acetylenes is 1. The first-order valence-electron chi connectivity index (χ1n) is 3.99. The summed E-state index contributed by atoms with van der Waals surface area (Å²) in [6, 6.07) is 3.81. The van der Waals surface area contributed by atoms with E-state index < -0.39 is 0 Å². The monoisotopic (exact) mass is 194 g/mol. The van der Waals surface area contributed by atoms with Crippen LogP contribution < -0.4 is 5.32 Å². The van der Waals surface area contributed by atoms with Crippen LogP contribution in [0.3, 0.4) is 0 Å². The number of pyridine rings is 1. The Balaban J connectivity index is 2.62. The third kappa shape index (κ3) is 3.45. The van der Waals surface area contributed by atoms with Crippen molar-refractivity contribution < 1.29 is 0 Å². The van der Waals surface area contributed by atoms with Crippen molar-refractivity contribution in [1.29, 1.82) is 0 Å². The number of hydrogen-bond donors (Lipinski definition) is 1. The first kappa shape index (κ1) is 10.0. The van der Waals surface area contributed by atoms with Gasteiger partial charge < -0.3 is 5.32 Å². The summed E-state index contributed by atoms with van der Waals surface area (Å²) in [6.07, 6.45) is 5.10. The Bertz CT molecular complexity index is 308. The highest BCUT2D eigenvalue weighted by molar-refractivity contribution is 6.29. The molecule has 0 aliphatic heterocycles. The number of aromatic nitrogens is 1. The lowest BCUT2D eigenvalue weighted by Crippen LogP contribution is -2.13. The highest BCUT2D eigenvalue weighted by Crippen LogP contribution is 2.09. The number of aryl methyl sites for hydroxylation is 1. The van der Waals surface area contributed by atoms with E-state index in [2.05, 4.69) is 16.2 Å². The third-order valence-corrected chi connectivity index (χ3v) is 1.73. The van der Waals surface area contributed by atoms with Crippen molar-refractivity contribution in [3.8, 4) is 12.3 Å². The fourth-order valence-corrected chi connectivity index (χ4v) is 1.35. The van der Waals surface area contributed by atoms with Crippen LogP contribution in [0.5, 0.6) is 0 Å². The molecule has 0 aliphatic carbocycles. The largest absolute Gasteiger partial charge is 0.302 e. The van der Waals surface area contributed by atoms with E-state index in [0.29, 0.717) is 11.7 Å². The zero-order valence-corrected chi connectivity index (χ0v) is 8.23. The van der Waals surface area contributed by atoms with E-state index in [9.17, 15) is 0 Å². The fourth-order valence-electron chi connectivity index (χ4n) is 1.08. The van der Waals surface area contributed by atoms with Gasteiger partial charge >= 0.3 is 0 Å². The molecule has 13 heavy (non-hydrogen) atoms. The quantitative estimate of drug-likeness (QED) is 0.451. The standard InChI is InChI=1S/C10H11ClN2/c1-3-4-12-7-9-5-8(2)13-10(11)6-9/h1,5-6,12H,4,7H2,2H3. The average molecular weight is 195 g/mol.